The number of nitrogens with one attached hydrogen (secondary N) is 2. The Morgan fingerprint density at radius 1 is 1.03 bits per heavy atom. The van der Waals surface area contributed by atoms with Gasteiger partial charge in [0.2, 0.25) is 0 Å². The van der Waals surface area contributed by atoms with E-state index in [9.17, 15) is 18.3 Å². The number of methoxy groups -OCH3 is 1. The van der Waals surface area contributed by atoms with E-state index in [-0.39, 0.29) is 16.4 Å². The number of aliphatic hydroxyl groups is 1. The number of nitrogens with zero attached hydrogens (tertiary/aromatic N) is 1. The number of fused-ring (bicyclic) bond motifs is 1. The molecule has 0 unspecified atom stereocenters. The molecule has 8 nitrogen and oxygen atoms in total. The first-order chi connectivity index (χ1) is 18.1. The normalized spacial score (nSPS) is 12.8. The Morgan fingerprint density at radius 3 is 2.53 bits per heavy atom. The second kappa shape index (κ2) is 11.4. The van der Waals surface area contributed by atoms with Crippen molar-refractivity contribution in [1.29, 1.82) is 0 Å². The van der Waals surface area contributed by atoms with Crippen molar-refractivity contribution in [3.8, 4) is 0 Å². The quantitative estimate of drug-likeness (QED) is 0.240. The smallest absolute Gasteiger partial charge is 0.337 e. The van der Waals surface area contributed by atoms with E-state index in [1.165, 1.54) is 19.2 Å². The van der Waals surface area contributed by atoms with Crippen LogP contribution in [-0.4, -0.2) is 43.3 Å². The lowest BCUT2D eigenvalue weighted by Crippen LogP contribution is -2.42. The topological polar surface area (TPSA) is 110 Å². The Morgan fingerprint density at radius 2 is 1.79 bits per heavy atom. The van der Waals surface area contributed by atoms with Gasteiger partial charge < -0.3 is 19.7 Å². The van der Waals surface area contributed by atoms with Crippen molar-refractivity contribution in [3.05, 3.63) is 96.2 Å². The van der Waals surface area contributed by atoms with Gasteiger partial charge in [-0.25, -0.2) is 13.2 Å². The first-order valence-corrected chi connectivity index (χ1v) is 13.8. The van der Waals surface area contributed by atoms with Crippen LogP contribution in [0.4, 0.5) is 5.69 Å². The second-order valence-electron chi connectivity index (χ2n) is 9.85. The van der Waals surface area contributed by atoms with E-state index in [4.69, 9.17) is 4.74 Å². The molecule has 0 spiro atoms. The number of carbonyl (C=O) groups excluding carboxylic acids is 1. The highest BCUT2D eigenvalue weighted by atomic mass is 32.2. The Bertz CT molecular complexity index is 1510. The van der Waals surface area contributed by atoms with E-state index < -0.39 is 16.1 Å². The standard InChI is InChI=1S/C29H33N3O5S/c1-29(2,15-17-32-16-14-21-12-13-23(19-26(21)32)28(34)37-3)30-20-27(33)22-8-7-9-24(18-22)31-38(35,36)25-10-5-4-6-11-25/h4-14,16,18-19,27,30-31,33H,15,17,20H2,1-3H3/t27-/m0/s1. The molecule has 0 saturated carbocycles. The fourth-order valence-corrected chi connectivity index (χ4v) is 5.30. The van der Waals surface area contributed by atoms with Gasteiger partial charge in [0.25, 0.3) is 10.0 Å². The van der Waals surface area contributed by atoms with Crippen LogP contribution in [0.2, 0.25) is 0 Å². The Balaban J connectivity index is 1.37. The molecule has 0 fully saturated rings. The van der Waals surface area contributed by atoms with Crippen LogP contribution < -0.4 is 10.0 Å². The summed E-state index contributed by atoms with van der Waals surface area (Å²) in [5.41, 5.74) is 2.15. The molecule has 0 aliphatic rings. The van der Waals surface area contributed by atoms with Crippen LogP contribution in [0.5, 0.6) is 0 Å². The average Bonchev–Trinajstić information content (AvgIpc) is 3.33. The van der Waals surface area contributed by atoms with Gasteiger partial charge in [-0.15, -0.1) is 0 Å². The van der Waals surface area contributed by atoms with Crippen molar-refractivity contribution in [2.45, 2.75) is 43.4 Å². The molecule has 0 saturated heterocycles. The van der Waals surface area contributed by atoms with Gasteiger partial charge in [0.15, 0.2) is 0 Å². The van der Waals surface area contributed by atoms with Crippen LogP contribution in [0.15, 0.2) is 90.0 Å². The van der Waals surface area contributed by atoms with Crippen molar-refractivity contribution >= 4 is 32.6 Å². The molecule has 3 aromatic carbocycles. The minimum Gasteiger partial charge on any atom is -0.465 e. The minimum absolute atomic E-state index is 0.173. The zero-order valence-corrected chi connectivity index (χ0v) is 22.5. The number of sulfonamides is 1. The third kappa shape index (κ3) is 6.61. The molecule has 0 radical (unpaired) electrons. The van der Waals surface area contributed by atoms with Crippen LogP contribution in [0.25, 0.3) is 10.9 Å². The molecule has 3 N–H and O–H groups in total. The van der Waals surface area contributed by atoms with Gasteiger partial charge in [0, 0.05) is 36.0 Å². The molecule has 200 valence electrons. The largest absolute Gasteiger partial charge is 0.465 e. The molecule has 1 heterocycles. The van der Waals surface area contributed by atoms with E-state index in [0.717, 1.165) is 17.3 Å². The fraction of sp³-hybridized carbons (Fsp3) is 0.276. The maximum absolute atomic E-state index is 12.6. The van der Waals surface area contributed by atoms with Crippen LogP contribution in [0.1, 0.15) is 42.3 Å². The Hall–Kier alpha value is -3.66. The molecule has 0 amide bonds. The number of rotatable bonds is 11. The number of aryl methyl sites for hydroxylation is 1. The number of anilines is 1. The Labute approximate surface area is 223 Å². The van der Waals surface area contributed by atoms with Crippen molar-refractivity contribution in [2.24, 2.45) is 0 Å². The predicted octanol–water partition coefficient (Wildman–Crippen LogP) is 4.72. The van der Waals surface area contributed by atoms with E-state index >= 15 is 0 Å². The highest BCUT2D eigenvalue weighted by molar-refractivity contribution is 7.92. The summed E-state index contributed by atoms with van der Waals surface area (Å²) in [6, 6.07) is 22.4. The molecule has 38 heavy (non-hydrogen) atoms. The van der Waals surface area contributed by atoms with Crippen LogP contribution in [0.3, 0.4) is 0 Å². The number of β-amino-alcohol motifs (C(OH)–C–C–N with tert-alkyl or cyclic N) is 1. The molecular formula is C29H33N3O5S. The van der Waals surface area contributed by atoms with E-state index in [2.05, 4.69) is 28.5 Å². The molecule has 0 aliphatic carbocycles. The van der Waals surface area contributed by atoms with E-state index in [1.807, 2.05) is 24.4 Å². The van der Waals surface area contributed by atoms with Gasteiger partial charge in [-0.2, -0.15) is 0 Å². The van der Waals surface area contributed by atoms with E-state index in [0.29, 0.717) is 29.9 Å². The maximum atomic E-state index is 12.6. The van der Waals surface area contributed by atoms with Crippen LogP contribution in [0, 0.1) is 0 Å². The molecule has 0 aliphatic heterocycles. The van der Waals surface area contributed by atoms with E-state index in [1.54, 1.807) is 48.5 Å². The summed E-state index contributed by atoms with van der Waals surface area (Å²) >= 11 is 0. The molecule has 4 aromatic rings. The monoisotopic (exact) mass is 535 g/mol. The van der Waals surface area contributed by atoms with Gasteiger partial charge in [-0.3, -0.25) is 4.72 Å². The highest BCUT2D eigenvalue weighted by Crippen LogP contribution is 2.23. The summed E-state index contributed by atoms with van der Waals surface area (Å²) in [6.45, 7) is 5.13. The van der Waals surface area contributed by atoms with Gasteiger partial charge in [0.1, 0.15) is 0 Å². The maximum Gasteiger partial charge on any atom is 0.337 e. The van der Waals surface area contributed by atoms with Gasteiger partial charge in [0.05, 0.1) is 23.7 Å². The van der Waals surface area contributed by atoms with Gasteiger partial charge >= 0.3 is 5.97 Å². The Kier molecular flexibility index (Phi) is 8.20. The fourth-order valence-electron chi connectivity index (χ4n) is 4.23. The van der Waals surface area contributed by atoms with Crippen molar-refractivity contribution < 1.29 is 23.1 Å². The number of hydrogen-bond acceptors (Lipinski definition) is 6. The third-order valence-electron chi connectivity index (χ3n) is 6.52. The minimum atomic E-state index is -3.72. The van der Waals surface area contributed by atoms with Crippen LogP contribution in [-0.2, 0) is 21.3 Å². The summed E-state index contributed by atoms with van der Waals surface area (Å²) in [6.07, 6.45) is 1.94. The third-order valence-corrected chi connectivity index (χ3v) is 7.92. The summed E-state index contributed by atoms with van der Waals surface area (Å²) in [4.78, 5) is 12.1. The first-order valence-electron chi connectivity index (χ1n) is 12.4. The zero-order valence-electron chi connectivity index (χ0n) is 21.7. The van der Waals surface area contributed by atoms with Crippen molar-refractivity contribution in [2.75, 3.05) is 18.4 Å². The molecular weight excluding hydrogens is 502 g/mol. The lowest BCUT2D eigenvalue weighted by molar-refractivity contribution is 0.0601. The summed E-state index contributed by atoms with van der Waals surface area (Å²) < 4.78 is 34.8. The number of esters is 1. The number of aromatic nitrogens is 1. The summed E-state index contributed by atoms with van der Waals surface area (Å²) in [7, 11) is -2.35. The SMILES string of the molecule is COC(=O)c1ccc2ccn(CCC(C)(C)NC[C@H](O)c3cccc(NS(=O)(=O)c4ccccc4)c3)c2c1. The molecule has 1 atom stereocenters. The van der Waals surface area contributed by atoms with Crippen LogP contribution >= 0.6 is 0 Å². The van der Waals surface area contributed by atoms with Crippen molar-refractivity contribution in [1.82, 2.24) is 9.88 Å². The first kappa shape index (κ1) is 27.4. The number of ether oxygens (including phenoxy) is 1. The number of benzene rings is 3. The molecule has 1 aromatic heterocycles. The number of carbonyl (C=O) groups is 1. The lowest BCUT2D eigenvalue weighted by atomic mass is 9.99. The number of hydrogen-bond donors (Lipinski definition) is 3. The second-order valence-corrected chi connectivity index (χ2v) is 11.5. The summed E-state index contributed by atoms with van der Waals surface area (Å²) in [5, 5.41) is 15.3. The predicted molar refractivity (Wildman–Crippen MR) is 149 cm³/mol. The average molecular weight is 536 g/mol. The lowest BCUT2D eigenvalue weighted by Gasteiger charge is -2.28. The highest BCUT2D eigenvalue weighted by Gasteiger charge is 2.21. The van der Waals surface area contributed by atoms with Gasteiger partial charge in [-0.05, 0) is 73.7 Å². The molecule has 9 heteroatoms. The molecule has 4 rings (SSSR count). The molecule has 0 bridgehead atoms. The van der Waals surface area contributed by atoms with Crippen molar-refractivity contribution in [3.63, 3.8) is 0 Å². The van der Waals surface area contributed by atoms with Gasteiger partial charge in [-0.1, -0.05) is 36.4 Å². The zero-order chi connectivity index (χ0) is 27.3. The number of aliphatic hydroxyl groups excluding tert-OH is 1. The summed E-state index contributed by atoms with van der Waals surface area (Å²) in [5.74, 6) is -0.368.